The van der Waals surface area contributed by atoms with E-state index < -0.39 is 0 Å². The van der Waals surface area contributed by atoms with Gasteiger partial charge < -0.3 is 10.1 Å². The number of carbonyl (C=O) groups excluding carboxylic acids is 2. The van der Waals surface area contributed by atoms with Gasteiger partial charge in [-0.2, -0.15) is 0 Å². The van der Waals surface area contributed by atoms with Crippen LogP contribution >= 0.6 is 11.3 Å². The molecule has 32 heavy (non-hydrogen) atoms. The van der Waals surface area contributed by atoms with Gasteiger partial charge in [0.15, 0.2) is 0 Å². The summed E-state index contributed by atoms with van der Waals surface area (Å²) < 4.78 is 5.62. The second-order valence-corrected chi connectivity index (χ2v) is 9.53. The standard InChI is InChI=1S/C26H26N2O3S/c1-17(28-11-9-24-20(16-28)10-12-32-24)15-27-25(29)19-7-8-22-21(13-19)14-23(31-26(22)30)18-5-3-2-4-6-18/h2-8,10,12-13,17,23H,9,11,14-16H2,1H3,(H,27,29). The third-order valence-electron chi connectivity index (χ3n) is 6.43. The highest BCUT2D eigenvalue weighted by molar-refractivity contribution is 7.10. The van der Waals surface area contributed by atoms with Crippen molar-refractivity contribution in [2.75, 3.05) is 13.1 Å². The topological polar surface area (TPSA) is 58.6 Å². The summed E-state index contributed by atoms with van der Waals surface area (Å²) in [7, 11) is 0. The lowest BCUT2D eigenvalue weighted by Gasteiger charge is -2.32. The van der Waals surface area contributed by atoms with Crippen LogP contribution in [-0.4, -0.2) is 35.9 Å². The molecule has 5 rings (SSSR count). The number of cyclic esters (lactones) is 1. The van der Waals surface area contributed by atoms with Crippen LogP contribution in [0.15, 0.2) is 60.0 Å². The number of hydrogen-bond donors (Lipinski definition) is 1. The van der Waals surface area contributed by atoms with Crippen molar-refractivity contribution in [2.24, 2.45) is 0 Å². The van der Waals surface area contributed by atoms with Crippen LogP contribution in [-0.2, 0) is 24.1 Å². The summed E-state index contributed by atoms with van der Waals surface area (Å²) in [6.07, 6.45) is 1.32. The molecule has 0 aliphatic carbocycles. The van der Waals surface area contributed by atoms with E-state index in [0.29, 0.717) is 24.1 Å². The van der Waals surface area contributed by atoms with E-state index >= 15 is 0 Å². The predicted octanol–water partition coefficient (Wildman–Crippen LogP) is 4.38. The summed E-state index contributed by atoms with van der Waals surface area (Å²) in [5, 5.41) is 5.24. The van der Waals surface area contributed by atoms with Crippen molar-refractivity contribution in [3.8, 4) is 0 Å². The van der Waals surface area contributed by atoms with Crippen molar-refractivity contribution in [1.29, 1.82) is 0 Å². The van der Waals surface area contributed by atoms with Gasteiger partial charge in [-0.3, -0.25) is 9.69 Å². The summed E-state index contributed by atoms with van der Waals surface area (Å²) >= 11 is 1.84. The molecule has 3 heterocycles. The molecule has 0 saturated carbocycles. The van der Waals surface area contributed by atoms with Gasteiger partial charge in [0.2, 0.25) is 0 Å². The van der Waals surface area contributed by atoms with Gasteiger partial charge in [0.05, 0.1) is 5.56 Å². The first-order valence-electron chi connectivity index (χ1n) is 11.0. The predicted molar refractivity (Wildman–Crippen MR) is 125 cm³/mol. The molecular formula is C26H26N2O3S. The van der Waals surface area contributed by atoms with Gasteiger partial charge in [0.25, 0.3) is 5.91 Å². The molecule has 3 aromatic rings. The molecule has 0 fully saturated rings. The smallest absolute Gasteiger partial charge is 0.339 e. The zero-order valence-corrected chi connectivity index (χ0v) is 18.9. The minimum absolute atomic E-state index is 0.108. The molecule has 1 amide bonds. The minimum Gasteiger partial charge on any atom is -0.454 e. The Morgan fingerprint density at radius 1 is 1.19 bits per heavy atom. The molecule has 0 bridgehead atoms. The van der Waals surface area contributed by atoms with E-state index in [4.69, 9.17) is 4.74 Å². The first kappa shape index (κ1) is 20.9. The lowest BCUT2D eigenvalue weighted by molar-refractivity contribution is 0.0252. The highest BCUT2D eigenvalue weighted by Crippen LogP contribution is 2.31. The molecule has 2 unspecified atom stereocenters. The molecule has 0 saturated heterocycles. The Hall–Kier alpha value is -2.96. The number of rotatable bonds is 5. The third kappa shape index (κ3) is 4.20. The first-order valence-corrected chi connectivity index (χ1v) is 11.9. The van der Waals surface area contributed by atoms with E-state index in [1.807, 2.05) is 47.7 Å². The van der Waals surface area contributed by atoms with E-state index in [1.54, 1.807) is 12.1 Å². The highest BCUT2D eigenvalue weighted by atomic mass is 32.1. The zero-order valence-electron chi connectivity index (χ0n) is 18.0. The van der Waals surface area contributed by atoms with Gasteiger partial charge in [-0.1, -0.05) is 30.3 Å². The average Bonchev–Trinajstić information content (AvgIpc) is 3.30. The molecular weight excluding hydrogens is 420 g/mol. The maximum Gasteiger partial charge on any atom is 0.339 e. The summed E-state index contributed by atoms with van der Waals surface area (Å²) in [6.45, 7) is 4.71. The number of fused-ring (bicyclic) bond motifs is 2. The fourth-order valence-electron chi connectivity index (χ4n) is 4.51. The van der Waals surface area contributed by atoms with Crippen molar-refractivity contribution in [3.05, 3.63) is 92.7 Å². The van der Waals surface area contributed by atoms with Crippen LogP contribution in [0.5, 0.6) is 0 Å². The molecule has 2 aliphatic heterocycles. The molecule has 1 aromatic heterocycles. The van der Waals surface area contributed by atoms with Crippen LogP contribution < -0.4 is 5.32 Å². The van der Waals surface area contributed by atoms with Gasteiger partial charge in [-0.25, -0.2) is 4.79 Å². The molecule has 6 heteroatoms. The number of esters is 1. The van der Waals surface area contributed by atoms with Gasteiger partial charge in [0.1, 0.15) is 6.10 Å². The van der Waals surface area contributed by atoms with E-state index in [1.165, 1.54) is 10.4 Å². The lowest BCUT2D eigenvalue weighted by Crippen LogP contribution is -2.44. The number of thiophene rings is 1. The van der Waals surface area contributed by atoms with E-state index in [2.05, 4.69) is 28.6 Å². The van der Waals surface area contributed by atoms with Crippen LogP contribution in [0.4, 0.5) is 0 Å². The fourth-order valence-corrected chi connectivity index (χ4v) is 5.40. The molecule has 164 valence electrons. The zero-order chi connectivity index (χ0) is 22.1. The Morgan fingerprint density at radius 2 is 2.03 bits per heavy atom. The number of nitrogens with zero attached hydrogens (tertiary/aromatic N) is 1. The Labute approximate surface area is 192 Å². The Kier molecular flexibility index (Phi) is 5.81. The molecule has 2 aliphatic rings. The van der Waals surface area contributed by atoms with Crippen molar-refractivity contribution in [3.63, 3.8) is 0 Å². The second kappa shape index (κ2) is 8.88. The molecule has 2 aromatic carbocycles. The largest absolute Gasteiger partial charge is 0.454 e. The number of amides is 1. The van der Waals surface area contributed by atoms with Crippen LogP contribution in [0.2, 0.25) is 0 Å². The highest BCUT2D eigenvalue weighted by Gasteiger charge is 2.28. The lowest BCUT2D eigenvalue weighted by atomic mass is 9.93. The maximum absolute atomic E-state index is 12.9. The number of carbonyl (C=O) groups is 2. The summed E-state index contributed by atoms with van der Waals surface area (Å²) in [4.78, 5) is 29.2. The molecule has 1 N–H and O–H groups in total. The van der Waals surface area contributed by atoms with Gasteiger partial charge in [0, 0.05) is 42.5 Å². The Morgan fingerprint density at radius 3 is 2.88 bits per heavy atom. The number of benzene rings is 2. The quantitative estimate of drug-likeness (QED) is 0.591. The summed E-state index contributed by atoms with van der Waals surface area (Å²) in [5.41, 5.74) is 4.36. The molecule has 2 atom stereocenters. The monoisotopic (exact) mass is 446 g/mol. The number of hydrogen-bond acceptors (Lipinski definition) is 5. The maximum atomic E-state index is 12.9. The number of nitrogens with one attached hydrogen (secondary N) is 1. The van der Waals surface area contributed by atoms with Gasteiger partial charge in [-0.15, -0.1) is 11.3 Å². The molecule has 0 spiro atoms. The van der Waals surface area contributed by atoms with Crippen LogP contribution in [0.1, 0.15) is 55.3 Å². The van der Waals surface area contributed by atoms with Crippen molar-refractivity contribution in [2.45, 2.75) is 38.5 Å². The van der Waals surface area contributed by atoms with Gasteiger partial charge >= 0.3 is 5.97 Å². The molecule has 0 radical (unpaired) electrons. The van der Waals surface area contributed by atoms with Crippen LogP contribution in [0.25, 0.3) is 0 Å². The van der Waals surface area contributed by atoms with Crippen molar-refractivity contribution < 1.29 is 14.3 Å². The summed E-state index contributed by atoms with van der Waals surface area (Å²) in [5.74, 6) is -0.443. The SMILES string of the molecule is CC(CNC(=O)c1ccc2c(c1)CC(c1ccccc1)OC2=O)N1CCc2sccc2C1. The fraction of sp³-hybridized carbons (Fsp3) is 0.308. The Balaban J connectivity index is 1.24. The minimum atomic E-state index is -0.335. The first-order chi connectivity index (χ1) is 15.6. The van der Waals surface area contributed by atoms with E-state index in [-0.39, 0.29) is 24.0 Å². The average molecular weight is 447 g/mol. The normalized spacial score (nSPS) is 18.9. The van der Waals surface area contributed by atoms with E-state index in [9.17, 15) is 9.59 Å². The third-order valence-corrected chi connectivity index (χ3v) is 7.45. The van der Waals surface area contributed by atoms with Gasteiger partial charge in [-0.05, 0) is 59.7 Å². The number of ether oxygens (including phenoxy) is 1. The van der Waals surface area contributed by atoms with Crippen molar-refractivity contribution in [1.82, 2.24) is 10.2 Å². The second-order valence-electron chi connectivity index (χ2n) is 8.53. The summed E-state index contributed by atoms with van der Waals surface area (Å²) in [6, 6.07) is 17.4. The van der Waals surface area contributed by atoms with Crippen LogP contribution in [0.3, 0.4) is 0 Å². The van der Waals surface area contributed by atoms with E-state index in [0.717, 1.165) is 30.6 Å². The van der Waals surface area contributed by atoms with Crippen molar-refractivity contribution >= 4 is 23.2 Å². The Bertz CT molecular complexity index is 1140. The molecule has 5 nitrogen and oxygen atoms in total. The van der Waals surface area contributed by atoms with Crippen LogP contribution in [0, 0.1) is 0 Å².